The van der Waals surface area contributed by atoms with Gasteiger partial charge in [0.2, 0.25) is 0 Å². The van der Waals surface area contributed by atoms with E-state index in [0.717, 1.165) is 27.5 Å². The Bertz CT molecular complexity index is 1280. The van der Waals surface area contributed by atoms with Gasteiger partial charge < -0.3 is 9.47 Å². The van der Waals surface area contributed by atoms with Crippen molar-refractivity contribution in [1.82, 2.24) is 0 Å². The smallest absolute Gasteiger partial charge is 0.163 e. The Kier molecular flexibility index (Phi) is 5.02. The largest absolute Gasteiger partial charge is 0.496 e. The molecule has 1 heterocycles. The van der Waals surface area contributed by atoms with Crippen LogP contribution in [-0.2, 0) is 15.1 Å². The number of ether oxygens (including phenoxy) is 2. The first-order chi connectivity index (χ1) is 15.6. The number of benzene rings is 4. The van der Waals surface area contributed by atoms with Crippen molar-refractivity contribution >= 4 is 22.3 Å². The van der Waals surface area contributed by atoms with Gasteiger partial charge in [0.05, 0.1) is 12.7 Å². The Labute approximate surface area is 187 Å². The van der Waals surface area contributed by atoms with E-state index in [1.165, 1.54) is 0 Å². The second-order valence-electron chi connectivity index (χ2n) is 8.07. The van der Waals surface area contributed by atoms with E-state index < -0.39 is 5.60 Å². The lowest BCUT2D eigenvalue weighted by atomic mass is 9.81. The van der Waals surface area contributed by atoms with Crippen molar-refractivity contribution in [3.05, 3.63) is 119 Å². The fraction of sp³-hybridized carbons (Fsp3) is 0.138. The molecule has 0 spiro atoms. The highest BCUT2D eigenvalue weighted by molar-refractivity contribution is 6.06. The summed E-state index contributed by atoms with van der Waals surface area (Å²) < 4.78 is 12.7. The van der Waals surface area contributed by atoms with Crippen LogP contribution in [0.15, 0.2) is 103 Å². The van der Waals surface area contributed by atoms with Crippen LogP contribution in [0, 0.1) is 0 Å². The first-order valence-electron chi connectivity index (χ1n) is 10.7. The van der Waals surface area contributed by atoms with Gasteiger partial charge in [-0.3, -0.25) is 4.79 Å². The van der Waals surface area contributed by atoms with Crippen LogP contribution in [0.25, 0.3) is 16.5 Å². The van der Waals surface area contributed by atoms with Crippen molar-refractivity contribution in [2.24, 2.45) is 0 Å². The van der Waals surface area contributed by atoms with E-state index in [9.17, 15) is 4.79 Å². The summed E-state index contributed by atoms with van der Waals surface area (Å²) in [5.41, 5.74) is 2.73. The summed E-state index contributed by atoms with van der Waals surface area (Å²) in [5.74, 6) is 1.29. The number of carbonyl (C=O) groups is 1. The van der Waals surface area contributed by atoms with Crippen LogP contribution in [-0.4, -0.2) is 12.9 Å². The molecule has 0 radical (unpaired) electrons. The summed E-state index contributed by atoms with van der Waals surface area (Å²) in [6, 6.07) is 32.3. The molecule has 1 aliphatic heterocycles. The maximum absolute atomic E-state index is 12.9. The zero-order valence-electron chi connectivity index (χ0n) is 18.2. The van der Waals surface area contributed by atoms with Crippen molar-refractivity contribution in [2.45, 2.75) is 18.9 Å². The maximum atomic E-state index is 12.9. The quantitative estimate of drug-likeness (QED) is 0.369. The lowest BCUT2D eigenvalue weighted by molar-refractivity contribution is -0.113. The molecule has 0 saturated carbocycles. The average Bonchev–Trinajstić information content (AvgIpc) is 3.26. The summed E-state index contributed by atoms with van der Waals surface area (Å²) in [4.78, 5) is 12.9. The Hall–Kier alpha value is -3.85. The van der Waals surface area contributed by atoms with Crippen molar-refractivity contribution in [2.75, 3.05) is 7.11 Å². The number of rotatable bonds is 5. The van der Waals surface area contributed by atoms with Gasteiger partial charge in [0, 0.05) is 23.1 Å². The minimum Gasteiger partial charge on any atom is -0.496 e. The summed E-state index contributed by atoms with van der Waals surface area (Å²) in [6.07, 6.45) is 0.456. The minimum atomic E-state index is -0.791. The summed E-state index contributed by atoms with van der Waals surface area (Å²) in [7, 11) is 1.65. The number of methoxy groups -OCH3 is 1. The van der Waals surface area contributed by atoms with E-state index in [0.29, 0.717) is 23.5 Å². The molecule has 158 valence electrons. The van der Waals surface area contributed by atoms with Gasteiger partial charge in [-0.1, -0.05) is 91.0 Å². The molecule has 3 nitrogen and oxygen atoms in total. The third-order valence-corrected chi connectivity index (χ3v) is 6.22. The van der Waals surface area contributed by atoms with Crippen LogP contribution >= 0.6 is 0 Å². The normalized spacial score (nSPS) is 14.9. The number of ketones is 1. The Morgan fingerprint density at radius 1 is 0.812 bits per heavy atom. The van der Waals surface area contributed by atoms with Crippen LogP contribution in [0.2, 0.25) is 0 Å². The third-order valence-electron chi connectivity index (χ3n) is 6.22. The third kappa shape index (κ3) is 3.18. The fourth-order valence-electron chi connectivity index (χ4n) is 4.65. The molecule has 0 aromatic heterocycles. The molecule has 0 fully saturated rings. The fourth-order valence-corrected chi connectivity index (χ4v) is 4.65. The molecule has 0 amide bonds. The summed E-state index contributed by atoms with van der Waals surface area (Å²) in [5, 5.41) is 2.07. The molecule has 4 aromatic carbocycles. The van der Waals surface area contributed by atoms with Crippen molar-refractivity contribution < 1.29 is 14.3 Å². The molecule has 5 rings (SSSR count). The van der Waals surface area contributed by atoms with E-state index in [4.69, 9.17) is 9.47 Å². The van der Waals surface area contributed by atoms with Gasteiger partial charge in [0.1, 0.15) is 11.5 Å². The number of hydrogen-bond acceptors (Lipinski definition) is 3. The molecule has 1 aliphatic rings. The first-order valence-corrected chi connectivity index (χ1v) is 10.7. The molecule has 4 aromatic rings. The summed E-state index contributed by atoms with van der Waals surface area (Å²) >= 11 is 0. The molecule has 0 N–H and O–H groups in total. The van der Waals surface area contributed by atoms with Gasteiger partial charge in [-0.15, -0.1) is 0 Å². The van der Waals surface area contributed by atoms with Crippen molar-refractivity contribution in [1.29, 1.82) is 0 Å². The second-order valence-corrected chi connectivity index (χ2v) is 8.07. The van der Waals surface area contributed by atoms with Gasteiger partial charge >= 0.3 is 0 Å². The lowest BCUT2D eigenvalue weighted by Gasteiger charge is -2.31. The summed E-state index contributed by atoms with van der Waals surface area (Å²) in [6.45, 7) is 1.61. The van der Waals surface area contributed by atoms with Gasteiger partial charge in [0.25, 0.3) is 0 Å². The van der Waals surface area contributed by atoms with Crippen LogP contribution in [0.4, 0.5) is 0 Å². The van der Waals surface area contributed by atoms with Crippen molar-refractivity contribution in [3.8, 4) is 5.75 Å². The van der Waals surface area contributed by atoms with E-state index >= 15 is 0 Å². The maximum Gasteiger partial charge on any atom is 0.163 e. The zero-order valence-corrected chi connectivity index (χ0v) is 18.2. The average molecular weight is 421 g/mol. The van der Waals surface area contributed by atoms with E-state index in [-0.39, 0.29) is 5.78 Å². The van der Waals surface area contributed by atoms with Gasteiger partial charge in [-0.05, 0) is 23.8 Å². The lowest BCUT2D eigenvalue weighted by Crippen LogP contribution is -2.27. The second kappa shape index (κ2) is 8.01. The predicted molar refractivity (Wildman–Crippen MR) is 127 cm³/mol. The molecular formula is C29H24O3. The monoisotopic (exact) mass is 420 g/mol. The van der Waals surface area contributed by atoms with E-state index in [2.05, 4.69) is 30.3 Å². The highest BCUT2D eigenvalue weighted by Crippen LogP contribution is 2.52. The SMILES string of the molecule is COc1ccc2ccccc2c1C1=C(C(C)=O)CC(c2ccccc2)(c2ccccc2)O1. The Balaban J connectivity index is 1.78. The van der Waals surface area contributed by atoms with Gasteiger partial charge in [0.15, 0.2) is 11.4 Å². The molecule has 32 heavy (non-hydrogen) atoms. The number of carbonyl (C=O) groups excluding carboxylic acids is 1. The minimum absolute atomic E-state index is 0.00345. The molecule has 0 aliphatic carbocycles. The van der Waals surface area contributed by atoms with Crippen LogP contribution in [0.1, 0.15) is 30.0 Å². The van der Waals surface area contributed by atoms with Gasteiger partial charge in [-0.25, -0.2) is 0 Å². The highest BCUT2D eigenvalue weighted by Gasteiger charge is 2.46. The standard InChI is InChI=1S/C29H24O3/c1-20(30)25-19-29(22-12-5-3-6-13-22,23-14-7-4-8-15-23)32-28(25)27-24-16-10-9-11-21(24)17-18-26(27)31-2/h3-18H,19H2,1-2H3. The van der Waals surface area contributed by atoms with Crippen LogP contribution in [0.3, 0.4) is 0 Å². The number of hydrogen-bond donors (Lipinski definition) is 0. The van der Waals surface area contributed by atoms with E-state index in [1.807, 2.05) is 66.7 Å². The zero-order chi connectivity index (χ0) is 22.1. The first kappa shape index (κ1) is 20.1. The van der Waals surface area contributed by atoms with E-state index in [1.54, 1.807) is 14.0 Å². The number of Topliss-reactive ketones (excluding diaryl/α,β-unsaturated/α-hetero) is 1. The van der Waals surface area contributed by atoms with Gasteiger partial charge in [-0.2, -0.15) is 0 Å². The van der Waals surface area contributed by atoms with Crippen LogP contribution < -0.4 is 4.74 Å². The highest BCUT2D eigenvalue weighted by atomic mass is 16.5. The predicted octanol–water partition coefficient (Wildman–Crippen LogP) is 6.51. The topological polar surface area (TPSA) is 35.5 Å². The Morgan fingerprint density at radius 3 is 2.00 bits per heavy atom. The molecule has 0 atom stereocenters. The molecule has 0 bridgehead atoms. The molecule has 0 unspecified atom stereocenters. The van der Waals surface area contributed by atoms with Crippen LogP contribution in [0.5, 0.6) is 5.75 Å². The number of fused-ring (bicyclic) bond motifs is 1. The van der Waals surface area contributed by atoms with Crippen molar-refractivity contribution in [3.63, 3.8) is 0 Å². The molecule has 3 heteroatoms. The molecule has 0 saturated heterocycles. The Morgan fingerprint density at radius 2 is 1.41 bits per heavy atom. The molecular weight excluding hydrogens is 396 g/mol.